The van der Waals surface area contributed by atoms with Crippen LogP contribution in [0.15, 0.2) is 35.8 Å². The number of thiophene rings is 1. The molecule has 0 saturated heterocycles. The van der Waals surface area contributed by atoms with E-state index < -0.39 is 0 Å². The lowest BCUT2D eigenvalue weighted by Crippen LogP contribution is -2.09. The molecule has 4 rings (SSSR count). The van der Waals surface area contributed by atoms with Crippen LogP contribution in [0.5, 0.6) is 0 Å². The molecule has 0 bridgehead atoms. The van der Waals surface area contributed by atoms with Gasteiger partial charge in [0.2, 0.25) is 5.13 Å². The maximum atomic E-state index is 12.3. The number of amides is 1. The molecule has 21 heavy (non-hydrogen) atoms. The average Bonchev–Trinajstić information content (AvgIpc) is 3.15. The predicted molar refractivity (Wildman–Crippen MR) is 85.0 cm³/mol. The summed E-state index contributed by atoms with van der Waals surface area (Å²) in [4.78, 5) is 14.2. The number of fused-ring (bicyclic) bond motifs is 3. The van der Waals surface area contributed by atoms with Crippen molar-refractivity contribution in [2.45, 2.75) is 12.8 Å². The van der Waals surface area contributed by atoms with Crippen LogP contribution in [0.4, 0.5) is 5.13 Å². The number of benzene rings is 1. The number of hydrogen-bond donors (Lipinski definition) is 1. The van der Waals surface area contributed by atoms with Crippen LogP contribution in [0.2, 0.25) is 0 Å². The van der Waals surface area contributed by atoms with Crippen molar-refractivity contribution in [3.05, 3.63) is 51.8 Å². The Morgan fingerprint density at radius 1 is 1.19 bits per heavy atom. The average molecular weight is 313 g/mol. The largest absolute Gasteiger partial charge is 0.296 e. The Bertz CT molecular complexity index is 808. The van der Waals surface area contributed by atoms with Gasteiger partial charge in [-0.3, -0.25) is 10.1 Å². The molecule has 1 N–H and O–H groups in total. The summed E-state index contributed by atoms with van der Waals surface area (Å²) in [5, 5.41) is 10.9. The summed E-state index contributed by atoms with van der Waals surface area (Å²) < 4.78 is 0. The molecule has 2 heterocycles. The number of hydrogen-bond acceptors (Lipinski definition) is 5. The van der Waals surface area contributed by atoms with Gasteiger partial charge in [0.05, 0.1) is 4.88 Å². The van der Waals surface area contributed by atoms with E-state index >= 15 is 0 Å². The van der Waals surface area contributed by atoms with Crippen LogP contribution >= 0.6 is 22.7 Å². The molecule has 3 aromatic rings. The minimum absolute atomic E-state index is 0.108. The molecule has 6 heteroatoms. The predicted octanol–water partition coefficient (Wildman–Crippen LogP) is 3.62. The fourth-order valence-electron chi connectivity index (χ4n) is 2.57. The van der Waals surface area contributed by atoms with Gasteiger partial charge >= 0.3 is 0 Å². The van der Waals surface area contributed by atoms with Crippen LogP contribution < -0.4 is 5.32 Å². The Kier molecular flexibility index (Phi) is 3.05. The zero-order valence-corrected chi connectivity index (χ0v) is 12.6. The van der Waals surface area contributed by atoms with Crippen molar-refractivity contribution in [1.29, 1.82) is 0 Å². The van der Waals surface area contributed by atoms with Gasteiger partial charge < -0.3 is 0 Å². The summed E-state index contributed by atoms with van der Waals surface area (Å²) in [6.07, 6.45) is 2.03. The summed E-state index contributed by atoms with van der Waals surface area (Å²) in [7, 11) is 0. The Morgan fingerprint density at radius 3 is 2.90 bits per heavy atom. The maximum absolute atomic E-state index is 12.3. The lowest BCUT2D eigenvalue weighted by Gasteiger charge is -2.15. The van der Waals surface area contributed by atoms with E-state index in [1.165, 1.54) is 32.9 Å². The number of nitrogens with zero attached hydrogens (tertiary/aromatic N) is 2. The van der Waals surface area contributed by atoms with Crippen molar-refractivity contribution in [2.75, 3.05) is 5.32 Å². The summed E-state index contributed by atoms with van der Waals surface area (Å²) in [5.41, 5.74) is 5.49. The third-order valence-electron chi connectivity index (χ3n) is 3.54. The van der Waals surface area contributed by atoms with Crippen molar-refractivity contribution < 1.29 is 4.79 Å². The Morgan fingerprint density at radius 2 is 2.05 bits per heavy atom. The van der Waals surface area contributed by atoms with Gasteiger partial charge in [-0.25, -0.2) is 0 Å². The van der Waals surface area contributed by atoms with Gasteiger partial charge in [-0.05, 0) is 35.6 Å². The van der Waals surface area contributed by atoms with E-state index in [9.17, 15) is 4.79 Å². The second kappa shape index (κ2) is 5.05. The van der Waals surface area contributed by atoms with Crippen molar-refractivity contribution in [2.24, 2.45) is 0 Å². The highest BCUT2D eigenvalue weighted by molar-refractivity contribution is 7.18. The van der Waals surface area contributed by atoms with E-state index in [4.69, 9.17) is 0 Å². The zero-order valence-electron chi connectivity index (χ0n) is 11.0. The lowest BCUT2D eigenvalue weighted by atomic mass is 9.91. The molecule has 1 aliphatic carbocycles. The summed E-state index contributed by atoms with van der Waals surface area (Å²) in [6.45, 7) is 0. The number of anilines is 1. The first-order valence-corrected chi connectivity index (χ1v) is 8.29. The molecule has 0 aliphatic heterocycles. The molecule has 104 valence electrons. The molecule has 0 atom stereocenters. The standard InChI is InChI=1S/C15H11N3OS2/c19-14(17-15-18-16-8-20-15)12-7-10-6-5-9-3-1-2-4-11(9)13(10)21-12/h1-4,7-8H,5-6H2,(H,17,18,19). The molecule has 0 unspecified atom stereocenters. The highest BCUT2D eigenvalue weighted by Crippen LogP contribution is 2.39. The van der Waals surface area contributed by atoms with Crippen molar-refractivity contribution >= 4 is 33.7 Å². The van der Waals surface area contributed by atoms with Gasteiger partial charge in [-0.1, -0.05) is 35.6 Å². The van der Waals surface area contributed by atoms with E-state index in [1.807, 2.05) is 6.07 Å². The second-order valence-electron chi connectivity index (χ2n) is 4.82. The number of rotatable bonds is 2. The van der Waals surface area contributed by atoms with Crippen LogP contribution in [-0.4, -0.2) is 16.1 Å². The summed E-state index contributed by atoms with van der Waals surface area (Å²) >= 11 is 2.87. The summed E-state index contributed by atoms with van der Waals surface area (Å²) in [6, 6.07) is 10.4. The number of carbonyl (C=O) groups is 1. The molecule has 1 aromatic carbocycles. The van der Waals surface area contributed by atoms with Gasteiger partial charge in [-0.15, -0.1) is 21.5 Å². The number of nitrogens with one attached hydrogen (secondary N) is 1. The first-order valence-electron chi connectivity index (χ1n) is 6.60. The molecule has 0 saturated carbocycles. The number of aromatic nitrogens is 2. The molecule has 4 nitrogen and oxygen atoms in total. The van der Waals surface area contributed by atoms with E-state index in [1.54, 1.807) is 16.8 Å². The second-order valence-corrected chi connectivity index (χ2v) is 6.71. The fraction of sp³-hybridized carbons (Fsp3) is 0.133. The van der Waals surface area contributed by atoms with Crippen LogP contribution in [0.1, 0.15) is 20.8 Å². The Balaban J connectivity index is 1.68. The first kappa shape index (κ1) is 12.7. The normalized spacial score (nSPS) is 12.6. The van der Waals surface area contributed by atoms with Gasteiger partial charge in [0.1, 0.15) is 5.51 Å². The third kappa shape index (κ3) is 2.26. The fourth-order valence-corrected chi connectivity index (χ4v) is 4.18. The zero-order chi connectivity index (χ0) is 14.2. The van der Waals surface area contributed by atoms with Crippen LogP contribution in [-0.2, 0) is 12.8 Å². The van der Waals surface area contributed by atoms with Gasteiger partial charge in [0.25, 0.3) is 5.91 Å². The van der Waals surface area contributed by atoms with Gasteiger partial charge in [0.15, 0.2) is 0 Å². The first-order chi connectivity index (χ1) is 10.3. The van der Waals surface area contributed by atoms with Crippen molar-refractivity contribution in [1.82, 2.24) is 10.2 Å². The van der Waals surface area contributed by atoms with Crippen LogP contribution in [0.3, 0.4) is 0 Å². The van der Waals surface area contributed by atoms with E-state index in [0.29, 0.717) is 5.13 Å². The number of aryl methyl sites for hydroxylation is 2. The highest BCUT2D eigenvalue weighted by Gasteiger charge is 2.21. The molecule has 1 amide bonds. The minimum atomic E-state index is -0.108. The topological polar surface area (TPSA) is 54.9 Å². The molecular weight excluding hydrogens is 302 g/mol. The molecule has 2 aromatic heterocycles. The highest BCUT2D eigenvalue weighted by atomic mass is 32.1. The minimum Gasteiger partial charge on any atom is -0.296 e. The van der Waals surface area contributed by atoms with E-state index in [2.05, 4.69) is 39.8 Å². The molecular formula is C15H11N3OS2. The lowest BCUT2D eigenvalue weighted by molar-refractivity contribution is 0.103. The van der Waals surface area contributed by atoms with Gasteiger partial charge in [0, 0.05) is 4.88 Å². The SMILES string of the molecule is O=C(Nc1nncs1)c1cc2c(s1)-c1ccccc1CC2. The molecule has 1 aliphatic rings. The maximum Gasteiger partial charge on any atom is 0.267 e. The Hall–Kier alpha value is -2.05. The monoisotopic (exact) mass is 313 g/mol. The Labute approximate surface area is 129 Å². The van der Waals surface area contributed by atoms with Crippen molar-refractivity contribution in [3.8, 4) is 10.4 Å². The molecule has 0 fully saturated rings. The van der Waals surface area contributed by atoms with Crippen molar-refractivity contribution in [3.63, 3.8) is 0 Å². The number of carbonyl (C=O) groups excluding carboxylic acids is 1. The third-order valence-corrected chi connectivity index (χ3v) is 5.35. The summed E-state index contributed by atoms with van der Waals surface area (Å²) in [5.74, 6) is -0.108. The molecule has 0 spiro atoms. The van der Waals surface area contributed by atoms with Gasteiger partial charge in [-0.2, -0.15) is 0 Å². The van der Waals surface area contributed by atoms with E-state index in [0.717, 1.165) is 17.7 Å². The van der Waals surface area contributed by atoms with Crippen LogP contribution in [0.25, 0.3) is 10.4 Å². The quantitative estimate of drug-likeness (QED) is 0.786. The molecule has 0 radical (unpaired) electrons. The smallest absolute Gasteiger partial charge is 0.267 e. The van der Waals surface area contributed by atoms with E-state index in [-0.39, 0.29) is 5.91 Å². The van der Waals surface area contributed by atoms with Crippen LogP contribution in [0, 0.1) is 0 Å².